The van der Waals surface area contributed by atoms with Crippen LogP contribution in [0.4, 0.5) is 10.1 Å². The molecule has 7 nitrogen and oxygen atoms in total. The van der Waals surface area contributed by atoms with Gasteiger partial charge in [-0.15, -0.1) is 0 Å². The monoisotopic (exact) mass is 379 g/mol. The van der Waals surface area contributed by atoms with Gasteiger partial charge >= 0.3 is 0 Å². The van der Waals surface area contributed by atoms with Crippen molar-refractivity contribution in [3.63, 3.8) is 0 Å². The van der Waals surface area contributed by atoms with Crippen LogP contribution in [0.3, 0.4) is 0 Å². The van der Waals surface area contributed by atoms with E-state index >= 15 is 0 Å². The van der Waals surface area contributed by atoms with Crippen LogP contribution in [0.5, 0.6) is 0 Å². The molecule has 3 aromatic rings. The Morgan fingerprint density at radius 2 is 2.21 bits per heavy atom. The zero-order valence-electron chi connectivity index (χ0n) is 15.3. The van der Waals surface area contributed by atoms with E-state index in [1.807, 2.05) is 13.1 Å². The lowest BCUT2D eigenvalue weighted by molar-refractivity contribution is -0.116. The highest BCUT2D eigenvalue weighted by molar-refractivity contribution is 5.95. The van der Waals surface area contributed by atoms with Crippen molar-refractivity contribution >= 4 is 11.6 Å². The van der Waals surface area contributed by atoms with Crippen molar-refractivity contribution in [1.82, 2.24) is 20.4 Å². The molecule has 2 aliphatic heterocycles. The maximum atomic E-state index is 13.8. The number of benzene rings is 1. The van der Waals surface area contributed by atoms with Crippen molar-refractivity contribution in [1.29, 1.82) is 0 Å². The molecule has 0 radical (unpaired) electrons. The first-order chi connectivity index (χ1) is 13.6. The summed E-state index contributed by atoms with van der Waals surface area (Å²) < 4.78 is 19.3. The average Bonchev–Trinajstić information content (AvgIpc) is 3.17. The molecule has 2 aromatic heterocycles. The fourth-order valence-corrected chi connectivity index (χ4v) is 4.00. The molecule has 0 bridgehead atoms. The summed E-state index contributed by atoms with van der Waals surface area (Å²) in [5.74, 6) is -0.241. The predicted octanol–water partition coefficient (Wildman–Crippen LogP) is 2.70. The molecule has 142 valence electrons. The topological polar surface area (TPSA) is 92.9 Å². The summed E-state index contributed by atoms with van der Waals surface area (Å²) in [6.07, 6.45) is 2.87. The van der Waals surface area contributed by atoms with Crippen LogP contribution in [0, 0.1) is 12.7 Å². The molecule has 0 saturated heterocycles. The van der Waals surface area contributed by atoms with Gasteiger partial charge in [-0.1, -0.05) is 5.16 Å². The SMILES string of the molecule is Cc1ncc2c(c1-c1noc(C3CC(=O)Nc4ccc(F)cc43)n1)CCNC2. The third-order valence-corrected chi connectivity index (χ3v) is 5.35. The zero-order chi connectivity index (χ0) is 19.3. The largest absolute Gasteiger partial charge is 0.338 e. The number of aromatic nitrogens is 3. The fourth-order valence-electron chi connectivity index (χ4n) is 4.00. The van der Waals surface area contributed by atoms with Gasteiger partial charge in [0.25, 0.3) is 0 Å². The first-order valence-electron chi connectivity index (χ1n) is 9.21. The highest BCUT2D eigenvalue weighted by atomic mass is 19.1. The smallest absolute Gasteiger partial charge is 0.235 e. The third-order valence-electron chi connectivity index (χ3n) is 5.35. The predicted molar refractivity (Wildman–Crippen MR) is 99.2 cm³/mol. The minimum atomic E-state index is -0.477. The van der Waals surface area contributed by atoms with E-state index in [9.17, 15) is 9.18 Å². The molecule has 1 atom stereocenters. The van der Waals surface area contributed by atoms with Crippen LogP contribution in [0.15, 0.2) is 28.9 Å². The van der Waals surface area contributed by atoms with Gasteiger partial charge in [-0.25, -0.2) is 4.39 Å². The van der Waals surface area contributed by atoms with Crippen LogP contribution in [0.1, 0.15) is 40.6 Å². The Kier molecular flexibility index (Phi) is 3.94. The third kappa shape index (κ3) is 2.77. The molecule has 1 aromatic carbocycles. The number of aryl methyl sites for hydroxylation is 1. The van der Waals surface area contributed by atoms with E-state index in [1.54, 1.807) is 6.07 Å². The summed E-state index contributed by atoms with van der Waals surface area (Å²) >= 11 is 0. The molecule has 0 saturated carbocycles. The van der Waals surface area contributed by atoms with E-state index in [1.165, 1.54) is 17.7 Å². The van der Waals surface area contributed by atoms with Crippen molar-refractivity contribution in [3.05, 3.63) is 58.5 Å². The maximum absolute atomic E-state index is 13.8. The molecule has 4 heterocycles. The minimum absolute atomic E-state index is 0.131. The van der Waals surface area contributed by atoms with Gasteiger partial charge in [0.2, 0.25) is 17.6 Å². The number of rotatable bonds is 2. The lowest BCUT2D eigenvalue weighted by Gasteiger charge is -2.23. The summed E-state index contributed by atoms with van der Waals surface area (Å²) in [5.41, 5.74) is 5.23. The van der Waals surface area contributed by atoms with Crippen LogP contribution >= 0.6 is 0 Å². The van der Waals surface area contributed by atoms with Gasteiger partial charge in [-0.05, 0) is 54.8 Å². The van der Waals surface area contributed by atoms with Crippen LogP contribution in [-0.2, 0) is 17.8 Å². The van der Waals surface area contributed by atoms with Gasteiger partial charge in [0.15, 0.2) is 0 Å². The summed E-state index contributed by atoms with van der Waals surface area (Å²) in [4.78, 5) is 21.2. The number of fused-ring (bicyclic) bond motifs is 2. The van der Waals surface area contributed by atoms with E-state index < -0.39 is 5.92 Å². The second kappa shape index (κ2) is 6.49. The van der Waals surface area contributed by atoms with Gasteiger partial charge in [0.1, 0.15) is 5.82 Å². The highest BCUT2D eigenvalue weighted by Gasteiger charge is 2.32. The van der Waals surface area contributed by atoms with Crippen molar-refractivity contribution in [2.75, 3.05) is 11.9 Å². The molecule has 8 heteroatoms. The van der Waals surface area contributed by atoms with Gasteiger partial charge in [-0.2, -0.15) is 4.98 Å². The number of carbonyl (C=O) groups is 1. The number of anilines is 1. The van der Waals surface area contributed by atoms with Crippen molar-refractivity contribution in [2.24, 2.45) is 0 Å². The van der Waals surface area contributed by atoms with Crippen LogP contribution < -0.4 is 10.6 Å². The second-order valence-corrected chi connectivity index (χ2v) is 7.14. The van der Waals surface area contributed by atoms with Gasteiger partial charge < -0.3 is 15.2 Å². The molecule has 2 aliphatic rings. The zero-order valence-corrected chi connectivity index (χ0v) is 15.3. The van der Waals surface area contributed by atoms with E-state index in [4.69, 9.17) is 4.52 Å². The molecule has 0 aliphatic carbocycles. The lowest BCUT2D eigenvalue weighted by Crippen LogP contribution is -2.25. The van der Waals surface area contributed by atoms with Crippen molar-refractivity contribution in [3.8, 4) is 11.4 Å². The quantitative estimate of drug-likeness (QED) is 0.711. The number of amides is 1. The summed E-state index contributed by atoms with van der Waals surface area (Å²) in [7, 11) is 0. The van der Waals surface area contributed by atoms with Crippen LogP contribution in [0.2, 0.25) is 0 Å². The van der Waals surface area contributed by atoms with E-state index in [2.05, 4.69) is 25.8 Å². The van der Waals surface area contributed by atoms with Crippen LogP contribution in [-0.4, -0.2) is 27.6 Å². The van der Waals surface area contributed by atoms with Crippen molar-refractivity contribution < 1.29 is 13.7 Å². The van der Waals surface area contributed by atoms with Crippen LogP contribution in [0.25, 0.3) is 11.4 Å². The lowest BCUT2D eigenvalue weighted by atomic mass is 9.90. The number of hydrogen-bond acceptors (Lipinski definition) is 6. The number of pyridine rings is 1. The van der Waals surface area contributed by atoms with Gasteiger partial charge in [-0.3, -0.25) is 9.78 Å². The standard InChI is InChI=1S/C20H18FN5O2/c1-10-18(13-4-5-22-8-11(13)9-23-10)19-25-20(28-26-19)15-7-17(27)24-16-3-2-12(21)6-14(15)16/h2-3,6,9,15,22H,4-5,7-8H2,1H3,(H,24,27). The first-order valence-corrected chi connectivity index (χ1v) is 9.21. The Balaban J connectivity index is 1.59. The molecule has 1 unspecified atom stereocenters. The first kappa shape index (κ1) is 17.0. The molecule has 28 heavy (non-hydrogen) atoms. The number of halogens is 1. The number of hydrogen-bond donors (Lipinski definition) is 2. The minimum Gasteiger partial charge on any atom is -0.338 e. The molecule has 5 rings (SSSR count). The molecule has 2 N–H and O–H groups in total. The van der Waals surface area contributed by atoms with Crippen molar-refractivity contribution in [2.45, 2.75) is 32.2 Å². The Hall–Kier alpha value is -3.13. The van der Waals surface area contributed by atoms with E-state index in [0.29, 0.717) is 23.0 Å². The summed E-state index contributed by atoms with van der Waals surface area (Å²) in [5, 5.41) is 10.3. The molecule has 0 fully saturated rings. The molecule has 0 spiro atoms. The summed E-state index contributed by atoms with van der Waals surface area (Å²) in [6, 6.07) is 4.28. The molecule has 1 amide bonds. The highest BCUT2D eigenvalue weighted by Crippen LogP contribution is 2.38. The Labute approximate surface area is 160 Å². The normalized spacial score (nSPS) is 18.4. The average molecular weight is 379 g/mol. The fraction of sp³-hybridized carbons (Fsp3) is 0.300. The summed E-state index contributed by atoms with van der Waals surface area (Å²) in [6.45, 7) is 3.56. The molecular weight excluding hydrogens is 361 g/mol. The van der Waals surface area contributed by atoms with E-state index in [-0.39, 0.29) is 18.1 Å². The number of nitrogens with one attached hydrogen (secondary N) is 2. The number of nitrogens with zero attached hydrogens (tertiary/aromatic N) is 3. The number of carbonyl (C=O) groups excluding carboxylic acids is 1. The van der Waals surface area contributed by atoms with Gasteiger partial charge in [0.05, 0.1) is 5.92 Å². The molecular formula is C20H18FN5O2. The Morgan fingerprint density at radius 3 is 3.11 bits per heavy atom. The Bertz CT molecular complexity index is 1090. The Morgan fingerprint density at radius 1 is 1.32 bits per heavy atom. The van der Waals surface area contributed by atoms with Gasteiger partial charge in [0, 0.05) is 36.1 Å². The second-order valence-electron chi connectivity index (χ2n) is 7.14. The maximum Gasteiger partial charge on any atom is 0.235 e. The van der Waals surface area contributed by atoms with E-state index in [0.717, 1.165) is 36.3 Å².